The molecule has 0 atom stereocenters. The Morgan fingerprint density at radius 1 is 1.26 bits per heavy atom. The van der Waals surface area contributed by atoms with Crippen molar-refractivity contribution in [1.29, 1.82) is 0 Å². The molecule has 1 aromatic heterocycles. The number of carbonyl (C=O) groups excluding carboxylic acids is 1. The lowest BCUT2D eigenvalue weighted by Crippen LogP contribution is -2.14. The summed E-state index contributed by atoms with van der Waals surface area (Å²) in [6.45, 7) is 8.12. The lowest BCUT2D eigenvalue weighted by atomic mass is 9.97. The molecule has 6 heteroatoms. The van der Waals surface area contributed by atoms with Crippen molar-refractivity contribution in [2.45, 2.75) is 39.5 Å². The zero-order valence-electron chi connectivity index (χ0n) is 13.7. The molecule has 3 rings (SSSR count). The Hall–Kier alpha value is -2.50. The van der Waals surface area contributed by atoms with Gasteiger partial charge in [-0.05, 0) is 19.1 Å². The van der Waals surface area contributed by atoms with E-state index in [-0.39, 0.29) is 24.5 Å². The van der Waals surface area contributed by atoms with Crippen molar-refractivity contribution in [1.82, 2.24) is 4.98 Å². The number of anilines is 1. The fraction of sp³-hybridized carbons (Fsp3) is 0.412. The highest BCUT2D eigenvalue weighted by atomic mass is 16.7. The van der Waals surface area contributed by atoms with Crippen LogP contribution in [0.15, 0.2) is 22.6 Å². The van der Waals surface area contributed by atoms with Crippen molar-refractivity contribution in [3.63, 3.8) is 0 Å². The summed E-state index contributed by atoms with van der Waals surface area (Å²) in [6, 6.07) is 5.29. The van der Waals surface area contributed by atoms with Gasteiger partial charge in [0.15, 0.2) is 17.4 Å². The van der Waals surface area contributed by atoms with Gasteiger partial charge in [-0.3, -0.25) is 4.79 Å². The van der Waals surface area contributed by atoms with Gasteiger partial charge in [0.2, 0.25) is 12.7 Å². The molecule has 2 aromatic rings. The van der Waals surface area contributed by atoms with Gasteiger partial charge in [-0.1, -0.05) is 20.8 Å². The van der Waals surface area contributed by atoms with E-state index in [9.17, 15) is 4.79 Å². The SMILES string of the molecule is Cc1nc(C(C)(C)C)oc1CC(=O)Nc1ccc2c(c1)OCO2. The van der Waals surface area contributed by atoms with E-state index in [1.807, 2.05) is 27.7 Å². The van der Waals surface area contributed by atoms with Crippen LogP contribution in [0.25, 0.3) is 0 Å². The molecular weight excluding hydrogens is 296 g/mol. The molecule has 0 unspecified atom stereocenters. The van der Waals surface area contributed by atoms with Crippen LogP contribution in [0.2, 0.25) is 0 Å². The third-order valence-corrected chi connectivity index (χ3v) is 3.51. The second-order valence-electron chi connectivity index (χ2n) is 6.57. The second-order valence-corrected chi connectivity index (χ2v) is 6.57. The van der Waals surface area contributed by atoms with E-state index >= 15 is 0 Å². The molecule has 6 nitrogen and oxygen atoms in total. The first-order valence-corrected chi connectivity index (χ1v) is 7.49. The average Bonchev–Trinajstić information content (AvgIpc) is 3.05. The Labute approximate surface area is 134 Å². The molecule has 1 N–H and O–H groups in total. The maximum atomic E-state index is 12.2. The highest BCUT2D eigenvalue weighted by molar-refractivity contribution is 5.92. The Morgan fingerprint density at radius 2 is 2.00 bits per heavy atom. The first-order chi connectivity index (χ1) is 10.8. The van der Waals surface area contributed by atoms with Crippen LogP contribution < -0.4 is 14.8 Å². The van der Waals surface area contributed by atoms with Gasteiger partial charge < -0.3 is 19.2 Å². The normalized spacial score (nSPS) is 13.2. The van der Waals surface area contributed by atoms with Crippen LogP contribution in [0.4, 0.5) is 5.69 Å². The third-order valence-electron chi connectivity index (χ3n) is 3.51. The number of fused-ring (bicyclic) bond motifs is 1. The van der Waals surface area contributed by atoms with E-state index < -0.39 is 0 Å². The number of nitrogens with one attached hydrogen (secondary N) is 1. The van der Waals surface area contributed by atoms with E-state index in [0.29, 0.717) is 28.8 Å². The molecule has 0 fully saturated rings. The predicted molar refractivity (Wildman–Crippen MR) is 84.8 cm³/mol. The van der Waals surface area contributed by atoms with Crippen molar-refractivity contribution in [3.05, 3.63) is 35.5 Å². The second kappa shape index (κ2) is 5.61. The summed E-state index contributed by atoms with van der Waals surface area (Å²) in [5.74, 6) is 2.38. The Kier molecular flexibility index (Phi) is 3.75. The van der Waals surface area contributed by atoms with Crippen molar-refractivity contribution < 1.29 is 18.7 Å². The average molecular weight is 316 g/mol. The minimum atomic E-state index is -0.184. The standard InChI is InChI=1S/C17H20N2O4/c1-10-13(23-16(18-10)17(2,3)4)8-15(20)19-11-5-6-12-14(7-11)22-9-21-12/h5-7H,8-9H2,1-4H3,(H,19,20). The highest BCUT2D eigenvalue weighted by Crippen LogP contribution is 2.34. The number of aromatic nitrogens is 1. The largest absolute Gasteiger partial charge is 0.454 e. The van der Waals surface area contributed by atoms with Gasteiger partial charge in [-0.15, -0.1) is 0 Å². The number of rotatable bonds is 3. The Balaban J connectivity index is 1.69. The molecule has 1 aromatic carbocycles. The third kappa shape index (κ3) is 3.31. The van der Waals surface area contributed by atoms with Gasteiger partial charge in [0.05, 0.1) is 12.1 Å². The Bertz CT molecular complexity index is 744. The summed E-state index contributed by atoms with van der Waals surface area (Å²) in [7, 11) is 0. The van der Waals surface area contributed by atoms with Gasteiger partial charge in [-0.25, -0.2) is 4.98 Å². The molecule has 0 aliphatic carbocycles. The quantitative estimate of drug-likeness (QED) is 0.941. The zero-order chi connectivity index (χ0) is 16.6. The molecule has 1 aliphatic rings. The van der Waals surface area contributed by atoms with E-state index in [1.165, 1.54) is 0 Å². The number of amides is 1. The number of oxazole rings is 1. The zero-order valence-corrected chi connectivity index (χ0v) is 13.7. The van der Waals surface area contributed by atoms with Crippen LogP contribution in [0.1, 0.15) is 38.1 Å². The lowest BCUT2D eigenvalue weighted by Gasteiger charge is -2.12. The monoisotopic (exact) mass is 316 g/mol. The van der Waals surface area contributed by atoms with Gasteiger partial charge in [-0.2, -0.15) is 0 Å². The summed E-state index contributed by atoms with van der Waals surface area (Å²) >= 11 is 0. The van der Waals surface area contributed by atoms with Crippen LogP contribution >= 0.6 is 0 Å². The number of nitrogens with zero attached hydrogens (tertiary/aromatic N) is 1. The Morgan fingerprint density at radius 3 is 2.70 bits per heavy atom. The molecule has 0 spiro atoms. The fourth-order valence-corrected chi connectivity index (χ4v) is 2.24. The molecule has 2 heterocycles. The van der Waals surface area contributed by atoms with Gasteiger partial charge >= 0.3 is 0 Å². The first kappa shape index (κ1) is 15.4. The van der Waals surface area contributed by atoms with E-state index in [0.717, 1.165) is 5.69 Å². The highest BCUT2D eigenvalue weighted by Gasteiger charge is 2.23. The summed E-state index contributed by atoms with van der Waals surface area (Å²) < 4.78 is 16.3. The van der Waals surface area contributed by atoms with Gasteiger partial charge in [0.1, 0.15) is 5.76 Å². The number of benzene rings is 1. The van der Waals surface area contributed by atoms with E-state index in [2.05, 4.69) is 10.3 Å². The molecule has 23 heavy (non-hydrogen) atoms. The number of hydrogen-bond acceptors (Lipinski definition) is 5. The van der Waals surface area contributed by atoms with Crippen molar-refractivity contribution >= 4 is 11.6 Å². The molecule has 1 aliphatic heterocycles. The lowest BCUT2D eigenvalue weighted by molar-refractivity contribution is -0.115. The van der Waals surface area contributed by atoms with Gasteiger partial charge in [0, 0.05) is 17.2 Å². The van der Waals surface area contributed by atoms with E-state index in [1.54, 1.807) is 18.2 Å². The summed E-state index contributed by atoms with van der Waals surface area (Å²) in [4.78, 5) is 16.6. The molecule has 0 saturated heterocycles. The topological polar surface area (TPSA) is 73.6 Å². The van der Waals surface area contributed by atoms with Crippen LogP contribution in [0.5, 0.6) is 11.5 Å². The minimum absolute atomic E-state index is 0.142. The maximum absolute atomic E-state index is 12.2. The molecule has 0 saturated carbocycles. The van der Waals surface area contributed by atoms with Crippen LogP contribution in [-0.2, 0) is 16.6 Å². The van der Waals surface area contributed by atoms with Crippen LogP contribution in [0, 0.1) is 6.92 Å². The molecule has 0 radical (unpaired) electrons. The molecule has 0 bridgehead atoms. The summed E-state index contributed by atoms with van der Waals surface area (Å²) in [6.07, 6.45) is 0.142. The molecular formula is C17H20N2O4. The predicted octanol–water partition coefficient (Wildman–Crippen LogP) is 3.19. The maximum Gasteiger partial charge on any atom is 0.232 e. The molecule has 122 valence electrons. The van der Waals surface area contributed by atoms with Crippen molar-refractivity contribution in [2.75, 3.05) is 12.1 Å². The fourth-order valence-electron chi connectivity index (χ4n) is 2.24. The smallest absolute Gasteiger partial charge is 0.232 e. The molecule has 1 amide bonds. The van der Waals surface area contributed by atoms with Crippen molar-refractivity contribution in [3.8, 4) is 11.5 Å². The summed E-state index contributed by atoms with van der Waals surface area (Å²) in [5.41, 5.74) is 1.22. The number of carbonyl (C=O) groups is 1. The van der Waals surface area contributed by atoms with Gasteiger partial charge in [0.25, 0.3) is 0 Å². The summed E-state index contributed by atoms with van der Waals surface area (Å²) in [5, 5.41) is 2.83. The number of hydrogen-bond donors (Lipinski definition) is 1. The number of aryl methyl sites for hydroxylation is 1. The van der Waals surface area contributed by atoms with E-state index in [4.69, 9.17) is 13.9 Å². The van der Waals surface area contributed by atoms with Crippen LogP contribution in [-0.4, -0.2) is 17.7 Å². The first-order valence-electron chi connectivity index (χ1n) is 7.49. The minimum Gasteiger partial charge on any atom is -0.454 e. The number of ether oxygens (including phenoxy) is 2. The van der Waals surface area contributed by atoms with Crippen molar-refractivity contribution in [2.24, 2.45) is 0 Å². The van der Waals surface area contributed by atoms with Crippen LogP contribution in [0.3, 0.4) is 0 Å².